The van der Waals surface area contributed by atoms with Crippen molar-refractivity contribution in [2.24, 2.45) is 0 Å². The van der Waals surface area contributed by atoms with Crippen LogP contribution in [0.5, 0.6) is 23.0 Å². The fourth-order valence-electron chi connectivity index (χ4n) is 5.67. The first-order valence-corrected chi connectivity index (χ1v) is 14.6. The smallest absolute Gasteiger partial charge is 0.336 e. The van der Waals surface area contributed by atoms with E-state index in [0.717, 1.165) is 17.0 Å². The Kier molecular flexibility index (Phi) is 9.26. The summed E-state index contributed by atoms with van der Waals surface area (Å²) < 4.78 is 22.3. The molecule has 8 nitrogen and oxygen atoms in total. The molecule has 0 saturated heterocycles. The third-order valence-electron chi connectivity index (χ3n) is 7.65. The summed E-state index contributed by atoms with van der Waals surface area (Å²) >= 11 is 6.43. The number of hydrogen-bond acceptors (Lipinski definition) is 8. The zero-order chi connectivity index (χ0) is 30.5. The quantitative estimate of drug-likeness (QED) is 0.202. The molecule has 3 aromatic carbocycles. The lowest BCUT2D eigenvalue weighted by atomic mass is 9.71. The van der Waals surface area contributed by atoms with E-state index in [9.17, 15) is 14.7 Å². The number of nitrogens with one attached hydrogen (secondary N) is 1. The van der Waals surface area contributed by atoms with Crippen molar-refractivity contribution in [1.82, 2.24) is 5.32 Å². The number of carbonyl (C=O) groups is 2. The van der Waals surface area contributed by atoms with Crippen LogP contribution in [0.4, 0.5) is 0 Å². The fraction of sp³-hybridized carbons (Fsp3) is 0.294. The molecule has 0 amide bonds. The highest BCUT2D eigenvalue weighted by Crippen LogP contribution is 2.48. The number of hydrogen-bond donors (Lipinski definition) is 2. The topological polar surface area (TPSA) is 103 Å². The van der Waals surface area contributed by atoms with Gasteiger partial charge in [0.15, 0.2) is 17.3 Å². The molecule has 0 radical (unpaired) electrons. The number of dihydropyridines is 1. The van der Waals surface area contributed by atoms with Gasteiger partial charge in [-0.05, 0) is 73.7 Å². The zero-order valence-corrected chi connectivity index (χ0v) is 25.1. The summed E-state index contributed by atoms with van der Waals surface area (Å²) in [6.45, 7) is 4.05. The molecule has 9 heteroatoms. The van der Waals surface area contributed by atoms with E-state index in [1.54, 1.807) is 33.1 Å². The summed E-state index contributed by atoms with van der Waals surface area (Å²) in [5.74, 6) is -0.115. The van der Waals surface area contributed by atoms with Crippen molar-refractivity contribution in [2.45, 2.75) is 38.5 Å². The van der Waals surface area contributed by atoms with Gasteiger partial charge in [-0.15, -0.1) is 0 Å². The van der Waals surface area contributed by atoms with Crippen LogP contribution in [0.25, 0.3) is 0 Å². The van der Waals surface area contributed by atoms with E-state index in [-0.39, 0.29) is 47.9 Å². The number of benzene rings is 3. The van der Waals surface area contributed by atoms with Crippen LogP contribution in [0, 0.1) is 0 Å². The van der Waals surface area contributed by atoms with Crippen molar-refractivity contribution in [3.8, 4) is 23.0 Å². The number of esters is 1. The molecule has 5 rings (SSSR count). The molecule has 0 aromatic heterocycles. The Morgan fingerprint density at radius 1 is 0.977 bits per heavy atom. The maximum absolute atomic E-state index is 13.9. The van der Waals surface area contributed by atoms with Gasteiger partial charge in [0.1, 0.15) is 24.7 Å². The highest BCUT2D eigenvalue weighted by atomic mass is 35.5. The van der Waals surface area contributed by atoms with Crippen LogP contribution in [-0.2, 0) is 14.3 Å². The Labute approximate surface area is 255 Å². The average Bonchev–Trinajstić information content (AvgIpc) is 3.01. The molecule has 0 saturated carbocycles. The minimum absolute atomic E-state index is 0.0111. The number of para-hydroxylation sites is 1. The summed E-state index contributed by atoms with van der Waals surface area (Å²) in [5.41, 5.74) is 3.65. The highest BCUT2D eigenvalue weighted by molar-refractivity contribution is 6.32. The Balaban J connectivity index is 1.48. The molecular weight excluding hydrogens is 570 g/mol. The van der Waals surface area contributed by atoms with Gasteiger partial charge < -0.3 is 29.4 Å². The second kappa shape index (κ2) is 13.3. The van der Waals surface area contributed by atoms with Crippen molar-refractivity contribution in [3.05, 3.63) is 105 Å². The molecule has 224 valence electrons. The van der Waals surface area contributed by atoms with Gasteiger partial charge in [0, 0.05) is 29.3 Å². The predicted molar refractivity (Wildman–Crippen MR) is 163 cm³/mol. The number of Topliss-reactive ketones (excluding diaryl/α,β-unsaturated/α-hetero) is 1. The number of phenols is 1. The van der Waals surface area contributed by atoms with Crippen LogP contribution >= 0.6 is 11.6 Å². The summed E-state index contributed by atoms with van der Waals surface area (Å²) in [6, 6.07) is 20.2. The maximum atomic E-state index is 13.9. The number of ketones is 1. The average molecular weight is 604 g/mol. The summed E-state index contributed by atoms with van der Waals surface area (Å²) in [7, 11) is 1.61. The molecule has 2 aliphatic rings. The highest BCUT2D eigenvalue weighted by Gasteiger charge is 2.42. The Hall–Kier alpha value is -4.43. The van der Waals surface area contributed by atoms with Gasteiger partial charge in [0.25, 0.3) is 0 Å². The van der Waals surface area contributed by atoms with E-state index in [0.29, 0.717) is 41.2 Å². The van der Waals surface area contributed by atoms with Crippen molar-refractivity contribution in [1.29, 1.82) is 0 Å². The second-order valence-electron chi connectivity index (χ2n) is 10.4. The second-order valence-corrected chi connectivity index (χ2v) is 10.8. The number of aromatic hydroxyl groups is 1. The first kappa shape index (κ1) is 30.0. The first-order valence-electron chi connectivity index (χ1n) is 14.2. The minimum Gasteiger partial charge on any atom is -0.503 e. The van der Waals surface area contributed by atoms with Crippen LogP contribution in [0.1, 0.15) is 49.7 Å². The fourth-order valence-corrected chi connectivity index (χ4v) is 5.89. The molecule has 2 atom stereocenters. The van der Waals surface area contributed by atoms with Crippen LogP contribution in [0.3, 0.4) is 0 Å². The van der Waals surface area contributed by atoms with Gasteiger partial charge in [0.05, 0.1) is 24.3 Å². The molecule has 0 spiro atoms. The first-order chi connectivity index (χ1) is 20.8. The molecular formula is C34H34ClNO7. The lowest BCUT2D eigenvalue weighted by Gasteiger charge is -2.37. The Bertz CT molecular complexity index is 1560. The van der Waals surface area contributed by atoms with Crippen LogP contribution in [-0.4, -0.2) is 43.8 Å². The molecule has 43 heavy (non-hydrogen) atoms. The third kappa shape index (κ3) is 6.49. The van der Waals surface area contributed by atoms with Crippen molar-refractivity contribution in [2.75, 3.05) is 26.9 Å². The third-order valence-corrected chi connectivity index (χ3v) is 7.94. The molecule has 0 fully saturated rings. The molecule has 0 unspecified atom stereocenters. The molecule has 1 aliphatic heterocycles. The van der Waals surface area contributed by atoms with Gasteiger partial charge in [-0.1, -0.05) is 41.9 Å². The monoisotopic (exact) mass is 603 g/mol. The van der Waals surface area contributed by atoms with E-state index < -0.39 is 11.9 Å². The zero-order valence-electron chi connectivity index (χ0n) is 24.3. The standard InChI is InChI=1S/C34H34ClNO7/c1-4-41-29-19-23(16-26(35)33(29)38)31-30(34(39)43-15-14-42-25-8-6-5-7-9-25)20(2)36-27-17-22(18-28(37)32(27)31)21-10-12-24(40-3)13-11-21/h5-13,16,19,22,31,36,38H,4,14-15,17-18H2,1-3H3/t22-,31+/m1/s1. The largest absolute Gasteiger partial charge is 0.503 e. The molecule has 2 N–H and O–H groups in total. The summed E-state index contributed by atoms with van der Waals surface area (Å²) in [5, 5.41) is 13.9. The normalized spacial score (nSPS) is 18.1. The van der Waals surface area contributed by atoms with Gasteiger partial charge >= 0.3 is 5.97 Å². The molecule has 1 heterocycles. The van der Waals surface area contributed by atoms with Crippen LogP contribution in [0.2, 0.25) is 5.02 Å². The van der Waals surface area contributed by atoms with E-state index in [4.69, 9.17) is 30.5 Å². The SMILES string of the molecule is CCOc1cc([C@H]2C(C(=O)OCCOc3ccccc3)=C(C)NC3=C2C(=O)C[C@H](c2ccc(OC)cc2)C3)cc(Cl)c1O. The van der Waals surface area contributed by atoms with Gasteiger partial charge in [0.2, 0.25) is 0 Å². The van der Waals surface area contributed by atoms with Crippen LogP contribution < -0.4 is 19.5 Å². The van der Waals surface area contributed by atoms with Gasteiger partial charge in [-0.3, -0.25) is 4.79 Å². The van der Waals surface area contributed by atoms with Crippen molar-refractivity contribution >= 4 is 23.4 Å². The molecule has 3 aromatic rings. The lowest BCUT2D eigenvalue weighted by molar-refractivity contribution is -0.140. The minimum atomic E-state index is -0.777. The number of halogens is 1. The van der Waals surface area contributed by atoms with Gasteiger partial charge in [-0.25, -0.2) is 4.79 Å². The summed E-state index contributed by atoms with van der Waals surface area (Å²) in [4.78, 5) is 27.6. The Morgan fingerprint density at radius 2 is 1.72 bits per heavy atom. The van der Waals surface area contributed by atoms with Crippen molar-refractivity contribution < 1.29 is 33.6 Å². The number of ether oxygens (including phenoxy) is 4. The number of rotatable bonds is 10. The van der Waals surface area contributed by atoms with E-state index in [1.165, 1.54) is 0 Å². The van der Waals surface area contributed by atoms with E-state index in [1.807, 2.05) is 54.6 Å². The molecule has 0 bridgehead atoms. The molecule has 1 aliphatic carbocycles. The maximum Gasteiger partial charge on any atom is 0.336 e. The van der Waals surface area contributed by atoms with Gasteiger partial charge in [-0.2, -0.15) is 0 Å². The van der Waals surface area contributed by atoms with E-state index in [2.05, 4.69) is 5.32 Å². The van der Waals surface area contributed by atoms with Crippen LogP contribution in [0.15, 0.2) is 89.3 Å². The number of phenolic OH excluding ortho intramolecular Hbond substituents is 1. The summed E-state index contributed by atoms with van der Waals surface area (Å²) in [6.07, 6.45) is 0.832. The Morgan fingerprint density at radius 3 is 2.42 bits per heavy atom. The number of allylic oxidation sites excluding steroid dienone is 3. The lowest BCUT2D eigenvalue weighted by Crippen LogP contribution is -2.36. The number of methoxy groups -OCH3 is 1. The van der Waals surface area contributed by atoms with E-state index >= 15 is 0 Å². The predicted octanol–water partition coefficient (Wildman–Crippen LogP) is 6.44. The number of carbonyl (C=O) groups excluding carboxylic acids is 2. The van der Waals surface area contributed by atoms with Crippen molar-refractivity contribution in [3.63, 3.8) is 0 Å².